The van der Waals surface area contributed by atoms with Crippen LogP contribution in [0, 0.1) is 5.41 Å². The summed E-state index contributed by atoms with van der Waals surface area (Å²) in [6.45, 7) is 15.4. The van der Waals surface area contributed by atoms with Crippen molar-refractivity contribution in [2.45, 2.75) is 41.0 Å². The molecule has 0 bridgehead atoms. The van der Waals surface area contributed by atoms with E-state index in [1.807, 2.05) is 25.7 Å². The molecule has 1 amide bonds. The highest BCUT2D eigenvalue weighted by Gasteiger charge is 2.29. The largest absolute Gasteiger partial charge is 0.342 e. The molecular formula is C14H31N3O. The Morgan fingerprint density at radius 1 is 1.06 bits per heavy atom. The molecule has 0 aromatic carbocycles. The summed E-state index contributed by atoms with van der Waals surface area (Å²) in [6, 6.07) is 0. The monoisotopic (exact) mass is 257 g/mol. The lowest BCUT2D eigenvalue weighted by Gasteiger charge is -2.31. The van der Waals surface area contributed by atoms with Crippen LogP contribution < -0.4 is 5.73 Å². The van der Waals surface area contributed by atoms with E-state index in [0.29, 0.717) is 6.54 Å². The van der Waals surface area contributed by atoms with E-state index in [-0.39, 0.29) is 5.91 Å². The molecular weight excluding hydrogens is 226 g/mol. The van der Waals surface area contributed by atoms with E-state index in [2.05, 4.69) is 18.7 Å². The second-order valence-corrected chi connectivity index (χ2v) is 5.35. The minimum atomic E-state index is -0.439. The summed E-state index contributed by atoms with van der Waals surface area (Å²) in [5.41, 5.74) is 5.22. The highest BCUT2D eigenvalue weighted by molar-refractivity contribution is 5.82. The maximum atomic E-state index is 12.3. The smallest absolute Gasteiger partial charge is 0.229 e. The van der Waals surface area contributed by atoms with Gasteiger partial charge in [0.15, 0.2) is 0 Å². The third-order valence-electron chi connectivity index (χ3n) is 3.56. The predicted octanol–water partition coefficient (Wildman–Crippen LogP) is 1.55. The molecule has 108 valence electrons. The summed E-state index contributed by atoms with van der Waals surface area (Å²) in [6.07, 6.45) is 1.03. The van der Waals surface area contributed by atoms with Crippen LogP contribution in [0.4, 0.5) is 0 Å². The topological polar surface area (TPSA) is 49.6 Å². The second-order valence-electron chi connectivity index (χ2n) is 5.35. The van der Waals surface area contributed by atoms with Gasteiger partial charge in [-0.25, -0.2) is 0 Å². The van der Waals surface area contributed by atoms with Gasteiger partial charge < -0.3 is 15.5 Å². The van der Waals surface area contributed by atoms with Crippen LogP contribution in [-0.2, 0) is 4.79 Å². The standard InChI is InChI=1S/C14H31N3O/c1-6-16(7-2)10-9-11-17(8-3)13(18)14(4,5)12-15/h6-12,15H2,1-5H3. The minimum absolute atomic E-state index is 0.173. The van der Waals surface area contributed by atoms with Gasteiger partial charge in [0.1, 0.15) is 0 Å². The van der Waals surface area contributed by atoms with E-state index in [4.69, 9.17) is 5.73 Å². The van der Waals surface area contributed by atoms with Crippen LogP contribution in [0.2, 0.25) is 0 Å². The number of nitrogens with zero attached hydrogens (tertiary/aromatic N) is 2. The maximum absolute atomic E-state index is 12.3. The van der Waals surface area contributed by atoms with Crippen molar-refractivity contribution in [3.63, 3.8) is 0 Å². The molecule has 0 aromatic rings. The molecule has 0 spiro atoms. The van der Waals surface area contributed by atoms with Gasteiger partial charge in [0, 0.05) is 19.6 Å². The van der Waals surface area contributed by atoms with Gasteiger partial charge in [0.05, 0.1) is 5.41 Å². The van der Waals surface area contributed by atoms with E-state index >= 15 is 0 Å². The summed E-state index contributed by atoms with van der Waals surface area (Å²) in [7, 11) is 0. The van der Waals surface area contributed by atoms with Crippen molar-refractivity contribution in [1.82, 2.24) is 9.80 Å². The van der Waals surface area contributed by atoms with Crippen molar-refractivity contribution in [3.05, 3.63) is 0 Å². The molecule has 0 aliphatic carbocycles. The SMILES string of the molecule is CCN(CC)CCCN(CC)C(=O)C(C)(C)CN. The Labute approximate surface area is 113 Å². The Hall–Kier alpha value is -0.610. The quantitative estimate of drug-likeness (QED) is 0.682. The fraction of sp³-hybridized carbons (Fsp3) is 0.929. The first kappa shape index (κ1) is 17.4. The molecule has 4 heteroatoms. The summed E-state index contributed by atoms with van der Waals surface area (Å²) >= 11 is 0. The van der Waals surface area contributed by atoms with E-state index < -0.39 is 5.41 Å². The zero-order valence-corrected chi connectivity index (χ0v) is 12.8. The molecule has 0 aromatic heterocycles. The Bertz CT molecular complexity index is 237. The summed E-state index contributed by atoms with van der Waals surface area (Å²) in [4.78, 5) is 16.6. The van der Waals surface area contributed by atoms with E-state index in [0.717, 1.165) is 39.1 Å². The number of hydrogen-bond donors (Lipinski definition) is 1. The molecule has 0 aliphatic rings. The van der Waals surface area contributed by atoms with E-state index in [1.54, 1.807) is 0 Å². The summed E-state index contributed by atoms with van der Waals surface area (Å²) in [5.74, 6) is 0.173. The molecule has 18 heavy (non-hydrogen) atoms. The molecule has 0 saturated heterocycles. The predicted molar refractivity (Wildman–Crippen MR) is 77.5 cm³/mol. The lowest BCUT2D eigenvalue weighted by Crippen LogP contribution is -2.45. The van der Waals surface area contributed by atoms with Crippen LogP contribution in [0.1, 0.15) is 41.0 Å². The van der Waals surface area contributed by atoms with Crippen LogP contribution in [0.25, 0.3) is 0 Å². The van der Waals surface area contributed by atoms with Gasteiger partial charge in [-0.3, -0.25) is 4.79 Å². The molecule has 0 heterocycles. The molecule has 0 rings (SSSR count). The number of carbonyl (C=O) groups excluding carboxylic acids is 1. The van der Waals surface area contributed by atoms with Crippen molar-refractivity contribution < 1.29 is 4.79 Å². The zero-order chi connectivity index (χ0) is 14.2. The average Bonchev–Trinajstić information content (AvgIpc) is 2.38. The number of hydrogen-bond acceptors (Lipinski definition) is 3. The summed E-state index contributed by atoms with van der Waals surface area (Å²) in [5, 5.41) is 0. The van der Waals surface area contributed by atoms with Gasteiger partial charge in [0.2, 0.25) is 5.91 Å². The molecule has 0 saturated carbocycles. The molecule has 4 nitrogen and oxygen atoms in total. The molecule has 0 radical (unpaired) electrons. The van der Waals surface area contributed by atoms with Crippen LogP contribution in [0.15, 0.2) is 0 Å². The van der Waals surface area contributed by atoms with Gasteiger partial charge >= 0.3 is 0 Å². The Balaban J connectivity index is 4.24. The second kappa shape index (κ2) is 8.48. The van der Waals surface area contributed by atoms with Crippen molar-refractivity contribution in [3.8, 4) is 0 Å². The van der Waals surface area contributed by atoms with Gasteiger partial charge in [-0.05, 0) is 46.8 Å². The van der Waals surface area contributed by atoms with E-state index in [9.17, 15) is 4.79 Å². The Morgan fingerprint density at radius 3 is 2.00 bits per heavy atom. The number of rotatable bonds is 9. The van der Waals surface area contributed by atoms with Crippen LogP contribution in [-0.4, -0.2) is 55.0 Å². The average molecular weight is 257 g/mol. The van der Waals surface area contributed by atoms with Crippen molar-refractivity contribution >= 4 is 5.91 Å². The van der Waals surface area contributed by atoms with Crippen molar-refractivity contribution in [1.29, 1.82) is 0 Å². The lowest BCUT2D eigenvalue weighted by atomic mass is 9.92. The number of amides is 1. The molecule has 0 aliphatic heterocycles. The zero-order valence-electron chi connectivity index (χ0n) is 12.8. The van der Waals surface area contributed by atoms with Crippen molar-refractivity contribution in [2.24, 2.45) is 11.1 Å². The number of carbonyl (C=O) groups is 1. The third kappa shape index (κ3) is 5.36. The first-order valence-corrected chi connectivity index (χ1v) is 7.14. The molecule has 0 fully saturated rings. The third-order valence-corrected chi connectivity index (χ3v) is 3.56. The molecule has 0 unspecified atom stereocenters. The molecule has 0 atom stereocenters. The van der Waals surface area contributed by atoms with Crippen LogP contribution in [0.5, 0.6) is 0 Å². The van der Waals surface area contributed by atoms with Crippen LogP contribution in [0.3, 0.4) is 0 Å². The number of nitrogens with two attached hydrogens (primary N) is 1. The normalized spacial score (nSPS) is 11.9. The fourth-order valence-electron chi connectivity index (χ4n) is 1.94. The fourth-order valence-corrected chi connectivity index (χ4v) is 1.94. The van der Waals surface area contributed by atoms with Gasteiger partial charge in [-0.15, -0.1) is 0 Å². The van der Waals surface area contributed by atoms with Gasteiger partial charge in [0.25, 0.3) is 0 Å². The summed E-state index contributed by atoms with van der Waals surface area (Å²) < 4.78 is 0. The maximum Gasteiger partial charge on any atom is 0.229 e. The van der Waals surface area contributed by atoms with Crippen LogP contribution >= 0.6 is 0 Å². The lowest BCUT2D eigenvalue weighted by molar-refractivity contribution is -0.139. The highest BCUT2D eigenvalue weighted by atomic mass is 16.2. The first-order chi connectivity index (χ1) is 8.42. The molecule has 2 N–H and O–H groups in total. The first-order valence-electron chi connectivity index (χ1n) is 7.14. The highest BCUT2D eigenvalue weighted by Crippen LogP contribution is 2.17. The van der Waals surface area contributed by atoms with Crippen molar-refractivity contribution in [2.75, 3.05) is 39.3 Å². The minimum Gasteiger partial charge on any atom is -0.342 e. The Kier molecular flexibility index (Phi) is 8.20. The Morgan fingerprint density at radius 2 is 1.61 bits per heavy atom. The van der Waals surface area contributed by atoms with Gasteiger partial charge in [-0.1, -0.05) is 13.8 Å². The van der Waals surface area contributed by atoms with Gasteiger partial charge in [-0.2, -0.15) is 0 Å². The van der Waals surface area contributed by atoms with E-state index in [1.165, 1.54) is 0 Å².